The van der Waals surface area contributed by atoms with Crippen molar-refractivity contribution in [3.8, 4) is 5.69 Å². The highest BCUT2D eigenvalue weighted by atomic mass is 32.2. The van der Waals surface area contributed by atoms with Crippen LogP contribution in [0.3, 0.4) is 0 Å². The molecular weight excluding hydrogens is 493 g/mol. The van der Waals surface area contributed by atoms with Crippen molar-refractivity contribution in [2.24, 2.45) is 0 Å². The van der Waals surface area contributed by atoms with Crippen molar-refractivity contribution < 1.29 is 13.2 Å². The largest absolute Gasteiger partial charge is 0.416 e. The fraction of sp³-hybridized carbons (Fsp3) is 0.103. The molecule has 0 aliphatic heterocycles. The van der Waals surface area contributed by atoms with Crippen molar-refractivity contribution in [1.29, 1.82) is 0 Å². The Morgan fingerprint density at radius 2 is 1.49 bits per heavy atom. The standard InChI is InChI=1S/C29H21F3N4S/c30-29(31,32)21-15-13-19(14-16-21)18-37-28-35-34-26(36(28)22-8-2-1-3-9-22)17-20-7-6-11-24-23-10-4-5-12-25(23)33-27(20)24/h1-16,33H,17-18H2. The number of hydrogen-bond acceptors (Lipinski definition) is 3. The third kappa shape index (κ3) is 4.60. The number of nitrogens with one attached hydrogen (secondary N) is 1. The fourth-order valence-corrected chi connectivity index (χ4v) is 5.46. The molecule has 0 bridgehead atoms. The summed E-state index contributed by atoms with van der Waals surface area (Å²) in [5, 5.41) is 12.0. The number of aromatic nitrogens is 4. The van der Waals surface area contributed by atoms with Gasteiger partial charge in [-0.1, -0.05) is 78.5 Å². The Morgan fingerprint density at radius 1 is 0.757 bits per heavy atom. The molecule has 0 fully saturated rings. The average molecular weight is 515 g/mol. The molecule has 0 amide bonds. The minimum Gasteiger partial charge on any atom is -0.354 e. The van der Waals surface area contributed by atoms with Gasteiger partial charge in [0, 0.05) is 34.2 Å². The normalized spacial score (nSPS) is 12.0. The summed E-state index contributed by atoms with van der Waals surface area (Å²) in [6, 6.07) is 29.6. The van der Waals surface area contributed by atoms with Gasteiger partial charge in [0.25, 0.3) is 0 Å². The molecule has 184 valence electrons. The van der Waals surface area contributed by atoms with Gasteiger partial charge in [-0.3, -0.25) is 4.57 Å². The highest BCUT2D eigenvalue weighted by molar-refractivity contribution is 7.98. The van der Waals surface area contributed by atoms with E-state index in [2.05, 4.69) is 45.5 Å². The van der Waals surface area contributed by atoms with Gasteiger partial charge < -0.3 is 4.98 Å². The zero-order valence-electron chi connectivity index (χ0n) is 19.5. The Bertz CT molecular complexity index is 1690. The molecule has 2 heterocycles. The number of fused-ring (bicyclic) bond motifs is 3. The van der Waals surface area contributed by atoms with Crippen LogP contribution in [0.5, 0.6) is 0 Å². The summed E-state index contributed by atoms with van der Waals surface area (Å²) in [6.07, 6.45) is -3.78. The summed E-state index contributed by atoms with van der Waals surface area (Å²) >= 11 is 1.45. The van der Waals surface area contributed by atoms with Crippen LogP contribution in [-0.4, -0.2) is 19.7 Å². The SMILES string of the molecule is FC(F)(F)c1ccc(CSc2nnc(Cc3cccc4c3[nH]c3ccccc34)n2-c2ccccc2)cc1. The zero-order valence-corrected chi connectivity index (χ0v) is 20.4. The maximum atomic E-state index is 12.9. The number of aromatic amines is 1. The Hall–Kier alpha value is -4.04. The summed E-state index contributed by atoms with van der Waals surface area (Å²) in [6.45, 7) is 0. The summed E-state index contributed by atoms with van der Waals surface area (Å²) in [4.78, 5) is 3.55. The summed E-state index contributed by atoms with van der Waals surface area (Å²) in [7, 11) is 0. The van der Waals surface area contributed by atoms with Crippen LogP contribution in [0, 0.1) is 0 Å². The molecule has 0 aliphatic carbocycles. The number of rotatable bonds is 6. The topological polar surface area (TPSA) is 46.5 Å². The van der Waals surface area contributed by atoms with Gasteiger partial charge in [-0.2, -0.15) is 13.2 Å². The van der Waals surface area contributed by atoms with Gasteiger partial charge in [-0.25, -0.2) is 0 Å². The van der Waals surface area contributed by atoms with E-state index < -0.39 is 11.7 Å². The second-order valence-electron chi connectivity index (χ2n) is 8.74. The molecule has 37 heavy (non-hydrogen) atoms. The van der Waals surface area contributed by atoms with E-state index in [1.807, 2.05) is 47.0 Å². The van der Waals surface area contributed by atoms with Crippen LogP contribution in [-0.2, 0) is 18.3 Å². The molecule has 6 aromatic rings. The zero-order chi connectivity index (χ0) is 25.4. The molecule has 4 nitrogen and oxygen atoms in total. The number of H-pyrrole nitrogens is 1. The molecule has 0 aliphatic rings. The first-order valence-electron chi connectivity index (χ1n) is 11.7. The maximum Gasteiger partial charge on any atom is 0.416 e. The first kappa shape index (κ1) is 23.4. The van der Waals surface area contributed by atoms with E-state index in [9.17, 15) is 13.2 Å². The minimum absolute atomic E-state index is 0.473. The van der Waals surface area contributed by atoms with Crippen molar-refractivity contribution in [1.82, 2.24) is 19.7 Å². The lowest BCUT2D eigenvalue weighted by atomic mass is 10.1. The van der Waals surface area contributed by atoms with Gasteiger partial charge in [0.05, 0.1) is 11.1 Å². The summed E-state index contributed by atoms with van der Waals surface area (Å²) in [5.74, 6) is 1.26. The highest BCUT2D eigenvalue weighted by Crippen LogP contribution is 2.32. The van der Waals surface area contributed by atoms with Crippen molar-refractivity contribution in [3.63, 3.8) is 0 Å². The Kier molecular flexibility index (Phi) is 5.96. The smallest absolute Gasteiger partial charge is 0.354 e. The van der Waals surface area contributed by atoms with E-state index in [0.29, 0.717) is 17.3 Å². The van der Waals surface area contributed by atoms with Crippen LogP contribution < -0.4 is 0 Å². The molecule has 0 spiro atoms. The average Bonchev–Trinajstić information content (AvgIpc) is 3.49. The quantitative estimate of drug-likeness (QED) is 0.231. The lowest BCUT2D eigenvalue weighted by Gasteiger charge is -2.11. The highest BCUT2D eigenvalue weighted by Gasteiger charge is 2.30. The second kappa shape index (κ2) is 9.44. The van der Waals surface area contributed by atoms with E-state index in [1.165, 1.54) is 29.3 Å². The number of alkyl halides is 3. The lowest BCUT2D eigenvalue weighted by Crippen LogP contribution is -2.05. The molecule has 0 radical (unpaired) electrons. The van der Waals surface area contributed by atoms with E-state index in [4.69, 9.17) is 0 Å². The minimum atomic E-state index is -4.35. The third-order valence-corrected chi connectivity index (χ3v) is 7.34. The van der Waals surface area contributed by atoms with Gasteiger partial charge in [0.15, 0.2) is 5.16 Å². The van der Waals surface area contributed by atoms with Crippen LogP contribution in [0.4, 0.5) is 13.2 Å². The van der Waals surface area contributed by atoms with E-state index in [1.54, 1.807) is 0 Å². The first-order chi connectivity index (χ1) is 18.0. The second-order valence-corrected chi connectivity index (χ2v) is 9.68. The molecule has 8 heteroatoms. The van der Waals surface area contributed by atoms with Gasteiger partial charge in [-0.15, -0.1) is 10.2 Å². The van der Waals surface area contributed by atoms with E-state index >= 15 is 0 Å². The Balaban J connectivity index is 1.34. The monoisotopic (exact) mass is 514 g/mol. The van der Waals surface area contributed by atoms with Crippen molar-refractivity contribution in [3.05, 3.63) is 120 Å². The lowest BCUT2D eigenvalue weighted by molar-refractivity contribution is -0.137. The van der Waals surface area contributed by atoms with Gasteiger partial charge in [0.2, 0.25) is 0 Å². The summed E-state index contributed by atoms with van der Waals surface area (Å²) < 4.78 is 40.8. The molecule has 0 saturated carbocycles. The predicted octanol–water partition coefficient (Wildman–Crippen LogP) is 7.80. The predicted molar refractivity (Wildman–Crippen MR) is 141 cm³/mol. The Morgan fingerprint density at radius 3 is 2.27 bits per heavy atom. The number of thioether (sulfide) groups is 1. The number of hydrogen-bond donors (Lipinski definition) is 1. The molecule has 0 saturated heterocycles. The Labute approximate surface area is 215 Å². The van der Waals surface area contributed by atoms with E-state index in [-0.39, 0.29) is 0 Å². The summed E-state index contributed by atoms with van der Waals surface area (Å²) in [5.41, 5.74) is 4.33. The molecule has 0 atom stereocenters. The van der Waals surface area contributed by atoms with Crippen LogP contribution in [0.15, 0.2) is 102 Å². The van der Waals surface area contributed by atoms with Crippen LogP contribution in [0.1, 0.15) is 22.5 Å². The molecular formula is C29H21F3N4S. The van der Waals surface area contributed by atoms with Crippen LogP contribution in [0.2, 0.25) is 0 Å². The number of benzene rings is 4. The maximum absolute atomic E-state index is 12.9. The molecule has 1 N–H and O–H groups in total. The molecule has 4 aromatic carbocycles. The van der Waals surface area contributed by atoms with Gasteiger partial charge in [-0.05, 0) is 41.5 Å². The van der Waals surface area contributed by atoms with Crippen LogP contribution >= 0.6 is 11.8 Å². The number of para-hydroxylation sites is 3. The van der Waals surface area contributed by atoms with Crippen molar-refractivity contribution in [2.45, 2.75) is 23.5 Å². The van der Waals surface area contributed by atoms with Gasteiger partial charge >= 0.3 is 6.18 Å². The third-order valence-electron chi connectivity index (χ3n) is 6.34. The number of nitrogens with zero attached hydrogens (tertiary/aromatic N) is 3. The van der Waals surface area contributed by atoms with Crippen LogP contribution in [0.25, 0.3) is 27.5 Å². The first-order valence-corrected chi connectivity index (χ1v) is 12.7. The van der Waals surface area contributed by atoms with E-state index in [0.717, 1.165) is 51.2 Å². The fourth-order valence-electron chi connectivity index (χ4n) is 4.53. The molecule has 0 unspecified atom stereocenters. The van der Waals surface area contributed by atoms with Crippen molar-refractivity contribution >= 4 is 33.6 Å². The molecule has 2 aromatic heterocycles. The number of halogens is 3. The van der Waals surface area contributed by atoms with Gasteiger partial charge in [0.1, 0.15) is 5.82 Å². The molecule has 6 rings (SSSR count). The van der Waals surface area contributed by atoms with Crippen molar-refractivity contribution in [2.75, 3.05) is 0 Å².